The molecule has 0 radical (unpaired) electrons. The van der Waals surface area contributed by atoms with Crippen LogP contribution in [-0.4, -0.2) is 82.7 Å². The summed E-state index contributed by atoms with van der Waals surface area (Å²) >= 11 is 0. The van der Waals surface area contributed by atoms with Crippen molar-refractivity contribution >= 4 is 39.6 Å². The zero-order chi connectivity index (χ0) is 31.8. The van der Waals surface area contributed by atoms with Crippen LogP contribution in [0.25, 0.3) is 21.9 Å². The summed E-state index contributed by atoms with van der Waals surface area (Å²) in [5.41, 5.74) is 8.82. The molecule has 2 N–H and O–H groups in total. The monoisotopic (exact) mass is 608 g/mol. The number of rotatable bonds is 15. The number of carbonyl (C=O) groups is 2. The van der Waals surface area contributed by atoms with Crippen LogP contribution < -0.4 is 10.5 Å². The highest BCUT2D eigenvalue weighted by atomic mass is 19.1. The van der Waals surface area contributed by atoms with Gasteiger partial charge < -0.3 is 34.3 Å². The van der Waals surface area contributed by atoms with Gasteiger partial charge in [-0.05, 0) is 53.4 Å². The number of para-hydroxylation sites is 1. The number of nitrogens with two attached hydrogens (primary N) is 1. The third-order valence-electron chi connectivity index (χ3n) is 6.86. The molecule has 0 saturated heterocycles. The number of pyridine rings is 1. The Bertz CT molecular complexity index is 1610. The van der Waals surface area contributed by atoms with E-state index in [1.807, 2.05) is 45.3 Å². The third kappa shape index (κ3) is 8.00. The van der Waals surface area contributed by atoms with Gasteiger partial charge in [0.15, 0.2) is 24.0 Å². The third-order valence-corrected chi connectivity index (χ3v) is 6.86. The topological polar surface area (TPSA) is 125 Å². The van der Waals surface area contributed by atoms with E-state index in [9.17, 15) is 9.59 Å². The molecule has 4 rings (SSSR count). The number of aryl methyl sites for hydroxylation is 1. The predicted molar refractivity (Wildman–Crippen MR) is 166 cm³/mol. The molecule has 12 heteroatoms. The molecule has 44 heavy (non-hydrogen) atoms. The maximum atomic E-state index is 15.5. The Morgan fingerprint density at radius 2 is 1.86 bits per heavy atom. The van der Waals surface area contributed by atoms with E-state index in [1.54, 1.807) is 35.8 Å². The van der Waals surface area contributed by atoms with Crippen molar-refractivity contribution in [2.45, 2.75) is 53.0 Å². The van der Waals surface area contributed by atoms with E-state index < -0.39 is 18.4 Å². The number of esters is 1. The van der Waals surface area contributed by atoms with Crippen LogP contribution in [0.3, 0.4) is 0 Å². The molecule has 1 amide bonds. The van der Waals surface area contributed by atoms with Gasteiger partial charge in [-0.1, -0.05) is 30.3 Å². The summed E-state index contributed by atoms with van der Waals surface area (Å²) in [6.07, 6.45) is 0.251. The highest BCUT2D eigenvalue weighted by molar-refractivity contribution is 6.06. The molecule has 0 aliphatic rings. The maximum Gasteiger partial charge on any atom is 0.344 e. The normalized spacial score (nSPS) is 11.5. The Hall–Kier alpha value is -4.29. The molecule has 11 nitrogen and oxygen atoms in total. The Balaban J connectivity index is 1.57. The van der Waals surface area contributed by atoms with Gasteiger partial charge in [0.25, 0.3) is 0 Å². The average Bonchev–Trinajstić information content (AvgIpc) is 3.34. The van der Waals surface area contributed by atoms with Gasteiger partial charge in [-0.15, -0.1) is 0 Å². The molecule has 0 fully saturated rings. The second-order valence-corrected chi connectivity index (χ2v) is 11.0. The van der Waals surface area contributed by atoms with Crippen molar-refractivity contribution in [3.8, 4) is 5.75 Å². The van der Waals surface area contributed by atoms with Gasteiger partial charge in [-0.2, -0.15) is 0 Å². The van der Waals surface area contributed by atoms with E-state index in [-0.39, 0.29) is 36.4 Å². The molecule has 2 aromatic carbocycles. The van der Waals surface area contributed by atoms with Gasteiger partial charge in [0.1, 0.15) is 17.9 Å². The van der Waals surface area contributed by atoms with Crippen molar-refractivity contribution in [1.29, 1.82) is 0 Å². The van der Waals surface area contributed by atoms with Gasteiger partial charge >= 0.3 is 5.97 Å². The molecular formula is C32H41FN6O5. The summed E-state index contributed by atoms with van der Waals surface area (Å²) in [6, 6.07) is 12.4. The van der Waals surface area contributed by atoms with Crippen molar-refractivity contribution in [2.75, 3.05) is 46.1 Å². The number of aromatic nitrogens is 3. The lowest BCUT2D eigenvalue weighted by molar-refractivity contribution is -0.149. The molecular weight excluding hydrogens is 567 g/mol. The lowest BCUT2D eigenvalue weighted by Crippen LogP contribution is -2.38. The molecule has 0 bridgehead atoms. The number of carbonyl (C=O) groups excluding carboxylic acids is 2. The molecule has 0 unspecified atom stereocenters. The number of fused-ring (bicyclic) bond motifs is 3. The quantitative estimate of drug-likeness (QED) is 0.198. The van der Waals surface area contributed by atoms with E-state index in [1.165, 1.54) is 6.07 Å². The molecule has 0 saturated carbocycles. The van der Waals surface area contributed by atoms with Crippen LogP contribution in [0.5, 0.6) is 5.75 Å². The number of nitrogens with zero attached hydrogens (tertiary/aromatic N) is 5. The van der Waals surface area contributed by atoms with Crippen molar-refractivity contribution in [2.24, 2.45) is 0 Å². The first kappa shape index (κ1) is 32.6. The Morgan fingerprint density at radius 3 is 2.59 bits per heavy atom. The Labute approximate surface area is 256 Å². The van der Waals surface area contributed by atoms with Crippen LogP contribution in [0.15, 0.2) is 42.5 Å². The molecule has 0 spiro atoms. The second kappa shape index (κ2) is 14.9. The summed E-state index contributed by atoms with van der Waals surface area (Å²) in [7, 11) is 3.62. The maximum absolute atomic E-state index is 15.5. The summed E-state index contributed by atoms with van der Waals surface area (Å²) in [5, 5.41) is 0.920. The van der Waals surface area contributed by atoms with Gasteiger partial charge in [0.2, 0.25) is 5.91 Å². The van der Waals surface area contributed by atoms with Crippen LogP contribution in [-0.2, 0) is 38.8 Å². The van der Waals surface area contributed by atoms with Crippen molar-refractivity contribution in [3.63, 3.8) is 0 Å². The number of hydrogen-bond donors (Lipinski definition) is 1. The SMILES string of the molecule is CCOCc1nc2c(N)nc3ccccc3c2n1CCCN(Cc1cccc(OCC(=O)OC(C)C)c1F)C(=O)CN(C)C. The highest BCUT2D eigenvalue weighted by Crippen LogP contribution is 2.29. The molecule has 2 aromatic heterocycles. The minimum absolute atomic E-state index is 0.0302. The van der Waals surface area contributed by atoms with Crippen molar-refractivity contribution < 1.29 is 28.2 Å². The smallest absolute Gasteiger partial charge is 0.344 e. The molecule has 0 aliphatic carbocycles. The number of benzene rings is 2. The molecule has 2 heterocycles. The fourth-order valence-electron chi connectivity index (χ4n) is 4.96. The Kier molecular flexibility index (Phi) is 11.1. The number of ether oxygens (including phenoxy) is 3. The standard InChI is InChI=1S/C32H41FN6O5/c1-6-42-19-26-36-30-31(23-12-7-8-13-24(23)35-32(30)34)39(26)16-10-15-38(27(40)18-37(4)5)17-22-11-9-14-25(29(22)33)43-20-28(41)44-21(2)3/h7-9,11-14,21H,6,10,15-20H2,1-5H3,(H2,34,35). The molecule has 236 valence electrons. The molecule has 0 aliphatic heterocycles. The van der Waals surface area contributed by atoms with Gasteiger partial charge in [0, 0.05) is 37.2 Å². The van der Waals surface area contributed by atoms with E-state index >= 15 is 4.39 Å². The largest absolute Gasteiger partial charge is 0.479 e. The fraction of sp³-hybridized carbons (Fsp3) is 0.438. The van der Waals surface area contributed by atoms with Crippen molar-refractivity contribution in [3.05, 3.63) is 59.7 Å². The zero-order valence-electron chi connectivity index (χ0n) is 26.0. The fourth-order valence-corrected chi connectivity index (χ4v) is 4.96. The van der Waals surface area contributed by atoms with E-state index in [0.29, 0.717) is 49.9 Å². The number of amides is 1. The van der Waals surface area contributed by atoms with Crippen LogP contribution in [0.4, 0.5) is 10.2 Å². The zero-order valence-corrected chi connectivity index (χ0v) is 26.0. The first-order chi connectivity index (χ1) is 21.1. The summed E-state index contributed by atoms with van der Waals surface area (Å²) < 4.78 is 33.7. The number of anilines is 1. The van der Waals surface area contributed by atoms with Crippen LogP contribution in [0, 0.1) is 5.82 Å². The van der Waals surface area contributed by atoms with Crippen LogP contribution in [0.1, 0.15) is 38.6 Å². The number of hydrogen-bond acceptors (Lipinski definition) is 9. The summed E-state index contributed by atoms with van der Waals surface area (Å²) in [6.45, 7) is 6.83. The number of imidazole rings is 1. The van der Waals surface area contributed by atoms with Gasteiger partial charge in [-0.3, -0.25) is 4.79 Å². The molecule has 0 atom stereocenters. The summed E-state index contributed by atoms with van der Waals surface area (Å²) in [5.74, 6) is -0.384. The lowest BCUT2D eigenvalue weighted by Gasteiger charge is -2.25. The minimum Gasteiger partial charge on any atom is -0.479 e. The predicted octanol–water partition coefficient (Wildman–Crippen LogP) is 4.15. The Morgan fingerprint density at radius 1 is 1.09 bits per heavy atom. The van der Waals surface area contributed by atoms with Crippen molar-refractivity contribution in [1.82, 2.24) is 24.3 Å². The van der Waals surface area contributed by atoms with Gasteiger partial charge in [-0.25, -0.2) is 19.2 Å². The van der Waals surface area contributed by atoms with E-state index in [4.69, 9.17) is 24.9 Å². The number of nitrogen functional groups attached to an aromatic ring is 1. The van der Waals surface area contributed by atoms with Gasteiger partial charge in [0.05, 0.1) is 23.7 Å². The average molecular weight is 609 g/mol. The lowest BCUT2D eigenvalue weighted by atomic mass is 10.1. The minimum atomic E-state index is -0.624. The second-order valence-electron chi connectivity index (χ2n) is 11.0. The summed E-state index contributed by atoms with van der Waals surface area (Å²) in [4.78, 5) is 37.9. The van der Waals surface area contributed by atoms with E-state index in [2.05, 4.69) is 9.55 Å². The first-order valence-electron chi connectivity index (χ1n) is 14.7. The number of halogens is 1. The first-order valence-corrected chi connectivity index (χ1v) is 14.7. The van der Waals surface area contributed by atoms with Crippen LogP contribution in [0.2, 0.25) is 0 Å². The highest BCUT2D eigenvalue weighted by Gasteiger charge is 2.21. The van der Waals surface area contributed by atoms with E-state index in [0.717, 1.165) is 16.4 Å². The molecule has 4 aromatic rings. The van der Waals surface area contributed by atoms with Crippen LogP contribution >= 0.6 is 0 Å². The number of likely N-dealkylation sites (N-methyl/N-ethyl adjacent to an activating group) is 1.